The Labute approximate surface area is 182 Å². The number of fused-ring (bicyclic) bond motifs is 3. The zero-order valence-corrected chi connectivity index (χ0v) is 18.4. The molecule has 0 bridgehead atoms. The Hall–Kier alpha value is -2.10. The van der Waals surface area contributed by atoms with E-state index in [-0.39, 0.29) is 28.7 Å². The van der Waals surface area contributed by atoms with Gasteiger partial charge in [0.15, 0.2) is 22.7 Å². The summed E-state index contributed by atoms with van der Waals surface area (Å²) in [5.74, 6) is 0.858. The first-order valence-electron chi connectivity index (χ1n) is 12.1. The number of furan rings is 1. The lowest BCUT2D eigenvalue weighted by atomic mass is 9.77. The van der Waals surface area contributed by atoms with Gasteiger partial charge in [-0.3, -0.25) is 0 Å². The second-order valence-corrected chi connectivity index (χ2v) is 9.67. The van der Waals surface area contributed by atoms with Gasteiger partial charge in [0, 0.05) is 10.8 Å². The average Bonchev–Trinajstić information content (AvgIpc) is 3.43. The number of benzene rings is 2. The number of rotatable bonds is 6. The first-order valence-corrected chi connectivity index (χ1v) is 12.1. The van der Waals surface area contributed by atoms with Gasteiger partial charge < -0.3 is 9.15 Å². The van der Waals surface area contributed by atoms with Crippen molar-refractivity contribution in [2.45, 2.75) is 77.0 Å². The van der Waals surface area contributed by atoms with Crippen LogP contribution in [0.2, 0.25) is 0 Å². The number of hydrogen-bond acceptors (Lipinski definition) is 2. The molecular weight excluding hydrogens is 394 g/mol. The summed E-state index contributed by atoms with van der Waals surface area (Å²) >= 11 is 0. The second-order valence-electron chi connectivity index (χ2n) is 9.67. The fourth-order valence-corrected chi connectivity index (χ4v) is 5.82. The van der Waals surface area contributed by atoms with Gasteiger partial charge in [-0.25, -0.2) is 4.39 Å². The minimum Gasteiger partial charge on any atom is -0.490 e. The largest absolute Gasteiger partial charge is 0.490 e. The third-order valence-electron chi connectivity index (χ3n) is 7.62. The first kappa shape index (κ1) is 20.8. The molecule has 0 aliphatic heterocycles. The molecule has 1 aromatic heterocycles. The van der Waals surface area contributed by atoms with Crippen molar-refractivity contribution in [3.05, 3.63) is 41.5 Å². The van der Waals surface area contributed by atoms with Crippen LogP contribution in [0.4, 0.5) is 8.78 Å². The maximum absolute atomic E-state index is 15.5. The van der Waals surface area contributed by atoms with Gasteiger partial charge in [-0.15, -0.1) is 0 Å². The van der Waals surface area contributed by atoms with E-state index in [1.807, 2.05) is 12.1 Å². The molecule has 2 saturated carbocycles. The molecule has 0 unspecified atom stereocenters. The summed E-state index contributed by atoms with van der Waals surface area (Å²) in [6.45, 7) is 2.76. The van der Waals surface area contributed by atoms with Crippen molar-refractivity contribution in [3.63, 3.8) is 0 Å². The molecule has 2 aromatic carbocycles. The third kappa shape index (κ3) is 3.94. The maximum Gasteiger partial charge on any atom is 0.208 e. The summed E-state index contributed by atoms with van der Waals surface area (Å²) in [7, 11) is 0. The van der Waals surface area contributed by atoms with Gasteiger partial charge in [-0.05, 0) is 80.0 Å². The zero-order chi connectivity index (χ0) is 21.4. The smallest absolute Gasteiger partial charge is 0.208 e. The molecule has 2 fully saturated rings. The Morgan fingerprint density at radius 1 is 0.839 bits per heavy atom. The zero-order valence-electron chi connectivity index (χ0n) is 18.4. The summed E-state index contributed by atoms with van der Waals surface area (Å²) in [5, 5.41) is 1.25. The summed E-state index contributed by atoms with van der Waals surface area (Å²) in [4.78, 5) is 0. The summed E-state index contributed by atoms with van der Waals surface area (Å²) in [6.07, 6.45) is 11.6. The Morgan fingerprint density at radius 3 is 2.23 bits per heavy atom. The fourth-order valence-electron chi connectivity index (χ4n) is 5.82. The van der Waals surface area contributed by atoms with Crippen LogP contribution in [0.25, 0.3) is 21.9 Å². The minimum absolute atomic E-state index is 0.0987. The van der Waals surface area contributed by atoms with Gasteiger partial charge in [0.05, 0.1) is 6.61 Å². The topological polar surface area (TPSA) is 22.4 Å². The lowest BCUT2D eigenvalue weighted by Crippen LogP contribution is -2.14. The number of ether oxygens (including phenoxy) is 1. The van der Waals surface area contributed by atoms with E-state index in [0.717, 1.165) is 50.0 Å². The molecular formula is C27H32F2O2. The van der Waals surface area contributed by atoms with Gasteiger partial charge in [-0.1, -0.05) is 38.7 Å². The SMILES string of the molecule is CCCC1CCC(c2ccc3c(oc4c(F)c(OCC5CCCC5)ccc43)c2F)CC1. The van der Waals surface area contributed by atoms with Crippen LogP contribution in [0.1, 0.15) is 82.6 Å². The Balaban J connectivity index is 1.42. The van der Waals surface area contributed by atoms with E-state index in [1.165, 1.54) is 25.7 Å². The normalized spacial score (nSPS) is 22.5. The minimum atomic E-state index is -0.521. The molecule has 31 heavy (non-hydrogen) atoms. The van der Waals surface area contributed by atoms with E-state index < -0.39 is 5.82 Å². The maximum atomic E-state index is 15.5. The number of hydrogen-bond donors (Lipinski definition) is 0. The van der Waals surface area contributed by atoms with Crippen molar-refractivity contribution < 1.29 is 17.9 Å². The summed E-state index contributed by atoms with van der Waals surface area (Å²) < 4.78 is 42.2. The van der Waals surface area contributed by atoms with Crippen molar-refractivity contribution in [1.29, 1.82) is 0 Å². The Kier molecular flexibility index (Phi) is 5.90. The van der Waals surface area contributed by atoms with E-state index in [2.05, 4.69) is 6.92 Å². The lowest BCUT2D eigenvalue weighted by molar-refractivity contribution is 0.242. The highest BCUT2D eigenvalue weighted by Gasteiger charge is 2.27. The van der Waals surface area contributed by atoms with E-state index in [4.69, 9.17) is 9.15 Å². The highest BCUT2D eigenvalue weighted by molar-refractivity contribution is 6.05. The van der Waals surface area contributed by atoms with Crippen molar-refractivity contribution in [3.8, 4) is 5.75 Å². The second kappa shape index (κ2) is 8.80. The molecule has 166 valence electrons. The molecule has 0 saturated heterocycles. The quantitative estimate of drug-likeness (QED) is 0.394. The molecule has 5 rings (SSSR count). The highest BCUT2D eigenvalue weighted by atomic mass is 19.1. The van der Waals surface area contributed by atoms with Crippen LogP contribution in [0.5, 0.6) is 5.75 Å². The van der Waals surface area contributed by atoms with Crippen molar-refractivity contribution in [2.24, 2.45) is 11.8 Å². The van der Waals surface area contributed by atoms with E-state index in [0.29, 0.717) is 23.3 Å². The molecule has 2 aliphatic rings. The molecule has 0 N–H and O–H groups in total. The number of halogens is 2. The molecule has 2 nitrogen and oxygen atoms in total. The lowest BCUT2D eigenvalue weighted by Gasteiger charge is -2.28. The predicted octanol–water partition coefficient (Wildman–Crippen LogP) is 8.51. The Bertz CT molecular complexity index is 1060. The van der Waals surface area contributed by atoms with Crippen LogP contribution in [0.15, 0.2) is 28.7 Å². The van der Waals surface area contributed by atoms with Gasteiger partial charge in [-0.2, -0.15) is 4.39 Å². The van der Waals surface area contributed by atoms with Gasteiger partial charge in [0.25, 0.3) is 0 Å². The average molecular weight is 427 g/mol. The van der Waals surface area contributed by atoms with Gasteiger partial charge in [0.2, 0.25) is 5.82 Å². The summed E-state index contributed by atoms with van der Waals surface area (Å²) in [5.41, 5.74) is 0.997. The highest BCUT2D eigenvalue weighted by Crippen LogP contribution is 2.42. The molecule has 0 atom stereocenters. The van der Waals surface area contributed by atoms with Crippen LogP contribution < -0.4 is 4.74 Å². The van der Waals surface area contributed by atoms with Crippen molar-refractivity contribution in [1.82, 2.24) is 0 Å². The Morgan fingerprint density at radius 2 is 1.52 bits per heavy atom. The molecule has 4 heteroatoms. The van der Waals surface area contributed by atoms with Crippen molar-refractivity contribution in [2.75, 3.05) is 6.61 Å². The van der Waals surface area contributed by atoms with Crippen LogP contribution in [-0.2, 0) is 0 Å². The molecule has 2 aliphatic carbocycles. The van der Waals surface area contributed by atoms with Crippen LogP contribution in [0.3, 0.4) is 0 Å². The van der Waals surface area contributed by atoms with E-state index in [9.17, 15) is 0 Å². The standard InChI is InChI=1S/C27H32F2O2/c1-2-5-17-8-10-19(11-9-17)20-12-13-21-22-14-15-23(30-16-18-6-3-4-7-18)25(29)27(22)31-26(21)24(20)28/h12-15,17-19H,2-11,16H2,1H3. The van der Waals surface area contributed by atoms with Gasteiger partial charge in [0.1, 0.15) is 0 Å². The fraction of sp³-hybridized carbons (Fsp3) is 0.556. The predicted molar refractivity (Wildman–Crippen MR) is 121 cm³/mol. The van der Waals surface area contributed by atoms with Crippen LogP contribution >= 0.6 is 0 Å². The van der Waals surface area contributed by atoms with Crippen molar-refractivity contribution >= 4 is 21.9 Å². The van der Waals surface area contributed by atoms with E-state index >= 15 is 8.78 Å². The molecule has 3 aromatic rings. The third-order valence-corrected chi connectivity index (χ3v) is 7.62. The molecule has 0 amide bonds. The molecule has 0 radical (unpaired) electrons. The van der Waals surface area contributed by atoms with Crippen LogP contribution in [-0.4, -0.2) is 6.61 Å². The summed E-state index contributed by atoms with van der Waals surface area (Å²) in [6, 6.07) is 7.24. The van der Waals surface area contributed by atoms with Gasteiger partial charge >= 0.3 is 0 Å². The molecule has 1 heterocycles. The monoisotopic (exact) mass is 426 g/mol. The molecule has 0 spiro atoms. The van der Waals surface area contributed by atoms with Crippen LogP contribution in [0, 0.1) is 23.5 Å². The van der Waals surface area contributed by atoms with E-state index in [1.54, 1.807) is 12.1 Å². The first-order chi connectivity index (χ1) is 15.2.